The van der Waals surface area contributed by atoms with Crippen LogP contribution in [0.2, 0.25) is 0 Å². The number of rotatable bonds is 3. The number of alkyl halides is 3. The number of benzene rings is 2. The second kappa shape index (κ2) is 7.06. The van der Waals surface area contributed by atoms with Gasteiger partial charge in [-0.1, -0.05) is 60.8 Å². The van der Waals surface area contributed by atoms with E-state index in [2.05, 4.69) is 41.5 Å². The average molecular weight is 412 g/mol. The Hall–Kier alpha value is -1.82. The second-order valence-corrected chi connectivity index (χ2v) is 8.62. The van der Waals surface area contributed by atoms with E-state index in [1.807, 2.05) is 25.1 Å². The highest BCUT2D eigenvalue weighted by molar-refractivity contribution is 6.76. The van der Waals surface area contributed by atoms with Gasteiger partial charge < -0.3 is 5.32 Å². The third-order valence-corrected chi connectivity index (χ3v) is 4.54. The Morgan fingerprint density at radius 3 is 2.19 bits per heavy atom. The summed E-state index contributed by atoms with van der Waals surface area (Å²) >= 11 is 16.8. The molecule has 0 aliphatic heterocycles. The molecule has 1 aromatic heterocycles. The van der Waals surface area contributed by atoms with Crippen molar-refractivity contribution >= 4 is 57.4 Å². The molecule has 0 spiro atoms. The number of carbonyl (C=O) groups is 1. The molecular weight excluding hydrogens is 395 g/mol. The zero-order valence-electron chi connectivity index (χ0n) is 14.4. The van der Waals surface area contributed by atoms with Gasteiger partial charge in [0, 0.05) is 5.69 Å². The fourth-order valence-electron chi connectivity index (χ4n) is 2.50. The highest BCUT2D eigenvalue weighted by atomic mass is 35.6. The monoisotopic (exact) mass is 410 g/mol. The molecule has 3 rings (SSSR count). The third kappa shape index (κ3) is 3.95. The molecule has 136 valence electrons. The molecule has 2 aromatic carbocycles. The summed E-state index contributed by atoms with van der Waals surface area (Å²) in [5.41, 5.74) is 4.76. The van der Waals surface area contributed by atoms with Crippen molar-refractivity contribution in [3.05, 3.63) is 47.5 Å². The fourth-order valence-corrected chi connectivity index (χ4v) is 2.65. The number of carbonyl (C=O) groups excluding carboxylic acids is 1. The summed E-state index contributed by atoms with van der Waals surface area (Å²) in [6.07, 6.45) is 0. The summed E-state index contributed by atoms with van der Waals surface area (Å²) < 4.78 is -2.03. The largest absolute Gasteiger partial charge is 0.322 e. The minimum atomic E-state index is -2.03. The van der Waals surface area contributed by atoms with E-state index >= 15 is 0 Å². The topological polar surface area (TPSA) is 59.8 Å². The number of fused-ring (bicyclic) bond motifs is 1. The van der Waals surface area contributed by atoms with Gasteiger partial charge in [0.1, 0.15) is 11.0 Å². The first-order valence-electron chi connectivity index (χ1n) is 8.01. The molecule has 0 unspecified atom stereocenters. The summed E-state index contributed by atoms with van der Waals surface area (Å²) in [7, 11) is 0. The fraction of sp³-hybridized carbons (Fsp3) is 0.278. The summed E-state index contributed by atoms with van der Waals surface area (Å²) in [5.74, 6) is -0.262. The van der Waals surface area contributed by atoms with Crippen LogP contribution >= 0.6 is 34.8 Å². The number of aryl methyl sites for hydroxylation is 1. The van der Waals surface area contributed by atoms with Gasteiger partial charge in [-0.2, -0.15) is 4.80 Å². The van der Waals surface area contributed by atoms with Gasteiger partial charge >= 0.3 is 0 Å². The average Bonchev–Trinajstić information content (AvgIpc) is 2.97. The first-order chi connectivity index (χ1) is 12.1. The number of halogens is 3. The van der Waals surface area contributed by atoms with Crippen molar-refractivity contribution in [3.8, 4) is 5.69 Å². The molecule has 3 aromatic rings. The van der Waals surface area contributed by atoms with Crippen molar-refractivity contribution in [1.29, 1.82) is 0 Å². The highest BCUT2D eigenvalue weighted by Crippen LogP contribution is 2.29. The normalized spacial score (nSPS) is 12.0. The number of aromatic nitrogens is 3. The van der Waals surface area contributed by atoms with Crippen molar-refractivity contribution in [2.24, 2.45) is 0 Å². The van der Waals surface area contributed by atoms with Crippen LogP contribution in [0.1, 0.15) is 30.9 Å². The van der Waals surface area contributed by atoms with Crippen molar-refractivity contribution in [3.63, 3.8) is 0 Å². The van der Waals surface area contributed by atoms with Crippen molar-refractivity contribution in [1.82, 2.24) is 15.0 Å². The van der Waals surface area contributed by atoms with Crippen molar-refractivity contribution in [2.45, 2.75) is 30.5 Å². The molecule has 0 bridgehead atoms. The summed E-state index contributed by atoms with van der Waals surface area (Å²) in [5, 5.41) is 11.6. The Balaban J connectivity index is 1.95. The van der Waals surface area contributed by atoms with Crippen molar-refractivity contribution in [2.75, 3.05) is 5.32 Å². The highest BCUT2D eigenvalue weighted by Gasteiger charge is 2.31. The Morgan fingerprint density at radius 1 is 1.08 bits per heavy atom. The molecule has 1 heterocycles. The van der Waals surface area contributed by atoms with Crippen LogP contribution in [0.3, 0.4) is 0 Å². The van der Waals surface area contributed by atoms with Crippen LogP contribution in [-0.2, 0) is 4.79 Å². The first kappa shape index (κ1) is 19.0. The quantitative estimate of drug-likeness (QED) is 0.605. The molecule has 0 fully saturated rings. The molecule has 0 saturated heterocycles. The van der Waals surface area contributed by atoms with Gasteiger partial charge in [-0.05, 0) is 48.2 Å². The minimum absolute atomic E-state index is 0.459. The smallest absolute Gasteiger partial charge is 0.276 e. The van der Waals surface area contributed by atoms with E-state index in [-0.39, 0.29) is 0 Å². The number of amides is 1. The van der Waals surface area contributed by atoms with Gasteiger partial charge in [0.2, 0.25) is 0 Å². The Morgan fingerprint density at radius 2 is 1.65 bits per heavy atom. The van der Waals surface area contributed by atoms with Crippen LogP contribution in [-0.4, -0.2) is 24.7 Å². The number of nitrogens with one attached hydrogen (secondary N) is 1. The van der Waals surface area contributed by atoms with Crippen LogP contribution < -0.4 is 5.32 Å². The van der Waals surface area contributed by atoms with E-state index in [4.69, 9.17) is 34.8 Å². The maximum absolute atomic E-state index is 11.9. The number of anilines is 1. The maximum Gasteiger partial charge on any atom is 0.276 e. The van der Waals surface area contributed by atoms with Crippen LogP contribution in [0.5, 0.6) is 0 Å². The van der Waals surface area contributed by atoms with Crippen molar-refractivity contribution < 1.29 is 4.79 Å². The number of hydrogen-bond acceptors (Lipinski definition) is 3. The lowest BCUT2D eigenvalue weighted by Gasteiger charge is -2.12. The lowest BCUT2D eigenvalue weighted by molar-refractivity contribution is -0.115. The second-order valence-electron chi connectivity index (χ2n) is 6.34. The molecule has 0 saturated carbocycles. The summed E-state index contributed by atoms with van der Waals surface area (Å²) in [6, 6.07) is 11.6. The third-order valence-electron chi connectivity index (χ3n) is 4.02. The molecule has 5 nitrogen and oxygen atoms in total. The zero-order valence-corrected chi connectivity index (χ0v) is 16.7. The first-order valence-corrected chi connectivity index (χ1v) is 9.15. The summed E-state index contributed by atoms with van der Waals surface area (Å²) in [6.45, 7) is 6.13. The summed E-state index contributed by atoms with van der Waals surface area (Å²) in [4.78, 5) is 13.5. The standard InChI is InChI=1S/C18H17Cl3N4O/c1-10(2)12-4-6-13(7-5-12)25-23-15-8-11(3)14(9-16(15)24-25)22-17(26)18(19,20)21/h4-10H,1-3H3,(H,22,26). The van der Waals surface area contributed by atoms with Crippen LogP contribution in [0, 0.1) is 6.92 Å². The van der Waals surface area contributed by atoms with Gasteiger partial charge in [-0.15, -0.1) is 10.2 Å². The molecule has 1 N–H and O–H groups in total. The van der Waals surface area contributed by atoms with Crippen LogP contribution in [0.25, 0.3) is 16.7 Å². The molecule has 0 aliphatic rings. The van der Waals surface area contributed by atoms with Crippen LogP contribution in [0.15, 0.2) is 36.4 Å². The molecule has 0 radical (unpaired) electrons. The SMILES string of the molecule is Cc1cc2nn(-c3ccc(C(C)C)cc3)nc2cc1NC(=O)C(Cl)(Cl)Cl. The zero-order chi connectivity index (χ0) is 19.1. The van der Waals surface area contributed by atoms with E-state index in [0.29, 0.717) is 22.6 Å². The van der Waals surface area contributed by atoms with E-state index in [9.17, 15) is 4.79 Å². The van der Waals surface area contributed by atoms with E-state index in [0.717, 1.165) is 11.3 Å². The molecule has 0 aliphatic carbocycles. The number of nitrogens with zero attached hydrogens (tertiary/aromatic N) is 3. The predicted molar refractivity (Wildman–Crippen MR) is 107 cm³/mol. The lowest BCUT2D eigenvalue weighted by Crippen LogP contribution is -2.27. The number of hydrogen-bond donors (Lipinski definition) is 1. The van der Waals surface area contributed by atoms with Gasteiger partial charge in [0.15, 0.2) is 0 Å². The molecule has 1 amide bonds. The Bertz CT molecular complexity index is 959. The van der Waals surface area contributed by atoms with Gasteiger partial charge in [-0.3, -0.25) is 4.79 Å². The van der Waals surface area contributed by atoms with Crippen LogP contribution in [0.4, 0.5) is 5.69 Å². The molecular formula is C18H17Cl3N4O. The van der Waals surface area contributed by atoms with E-state index in [1.54, 1.807) is 10.9 Å². The maximum atomic E-state index is 11.9. The molecule has 8 heteroatoms. The van der Waals surface area contributed by atoms with E-state index in [1.165, 1.54) is 5.56 Å². The van der Waals surface area contributed by atoms with Gasteiger partial charge in [-0.25, -0.2) is 0 Å². The Kier molecular flexibility index (Phi) is 5.15. The minimum Gasteiger partial charge on any atom is -0.322 e. The van der Waals surface area contributed by atoms with Gasteiger partial charge in [0.05, 0.1) is 5.69 Å². The van der Waals surface area contributed by atoms with E-state index < -0.39 is 9.70 Å². The lowest BCUT2D eigenvalue weighted by atomic mass is 10.0. The van der Waals surface area contributed by atoms with Gasteiger partial charge in [0.25, 0.3) is 9.70 Å². The Labute approximate surface area is 166 Å². The molecule has 26 heavy (non-hydrogen) atoms. The molecule has 0 atom stereocenters. The predicted octanol–water partition coefficient (Wildman–Crippen LogP) is 5.16.